The van der Waals surface area contributed by atoms with Crippen LogP contribution in [0, 0.1) is 0 Å². The molecule has 1 aliphatic carbocycles. The van der Waals surface area contributed by atoms with Crippen molar-refractivity contribution >= 4 is 5.97 Å². The number of benzene rings is 1. The van der Waals surface area contributed by atoms with E-state index >= 15 is 0 Å². The van der Waals surface area contributed by atoms with Crippen molar-refractivity contribution in [3.63, 3.8) is 0 Å². The van der Waals surface area contributed by atoms with E-state index in [1.54, 1.807) is 7.05 Å². The molecule has 0 unspecified atom stereocenters. The Balaban J connectivity index is 1.66. The van der Waals surface area contributed by atoms with Crippen molar-refractivity contribution in [3.05, 3.63) is 67.5 Å². The van der Waals surface area contributed by atoms with Gasteiger partial charge in [-0.05, 0) is 36.0 Å². The molecule has 0 saturated carbocycles. The molecule has 1 heterocycles. The number of hydrogen-bond donors (Lipinski definition) is 0. The van der Waals surface area contributed by atoms with Crippen molar-refractivity contribution in [1.29, 1.82) is 0 Å². The number of nitrogens with zero attached hydrogens (tertiary/aromatic N) is 2. The summed E-state index contributed by atoms with van der Waals surface area (Å²) in [4.78, 5) is 35.5. The second-order valence-corrected chi connectivity index (χ2v) is 6.17. The fraction of sp³-hybridized carbons (Fsp3) is 0.389. The Labute approximate surface area is 139 Å². The fourth-order valence-electron chi connectivity index (χ4n) is 3.02. The number of rotatable bonds is 4. The number of ether oxygens (including phenoxy) is 1. The molecule has 1 aromatic heterocycles. The molecule has 0 atom stereocenters. The van der Waals surface area contributed by atoms with Crippen LogP contribution in [0.4, 0.5) is 0 Å². The molecule has 0 N–H and O–H groups in total. The van der Waals surface area contributed by atoms with Crippen molar-refractivity contribution in [2.24, 2.45) is 14.1 Å². The van der Waals surface area contributed by atoms with Gasteiger partial charge in [0.1, 0.15) is 6.61 Å². The number of aryl methyl sites for hydroxylation is 2. The molecule has 1 aliphatic rings. The lowest BCUT2D eigenvalue weighted by Gasteiger charge is -2.10. The molecule has 2 aromatic rings. The zero-order chi connectivity index (χ0) is 17.3. The predicted octanol–water partition coefficient (Wildman–Crippen LogP) is 0.859. The highest BCUT2D eigenvalue weighted by Gasteiger charge is 2.13. The second-order valence-electron chi connectivity index (χ2n) is 6.17. The maximum absolute atomic E-state index is 12.0. The second kappa shape index (κ2) is 6.47. The average Bonchev–Trinajstić information content (AvgIpc) is 3.02. The zero-order valence-electron chi connectivity index (χ0n) is 13.9. The van der Waals surface area contributed by atoms with E-state index in [1.165, 1.54) is 35.2 Å². The SMILES string of the molecule is Cn1c(COC(=O)Cc2ccc3c(c2)CCC3)cc(=O)n(C)c1=O. The summed E-state index contributed by atoms with van der Waals surface area (Å²) in [5.41, 5.74) is 3.13. The molecule has 0 radical (unpaired) electrons. The molecule has 3 rings (SSSR count). The van der Waals surface area contributed by atoms with Crippen molar-refractivity contribution in [3.8, 4) is 0 Å². The number of carbonyl (C=O) groups excluding carboxylic acids is 1. The Kier molecular flexibility index (Phi) is 4.38. The third-order valence-electron chi connectivity index (χ3n) is 4.52. The minimum atomic E-state index is -0.438. The quantitative estimate of drug-likeness (QED) is 0.781. The Morgan fingerprint density at radius 1 is 1.08 bits per heavy atom. The van der Waals surface area contributed by atoms with Crippen LogP contribution >= 0.6 is 0 Å². The van der Waals surface area contributed by atoms with Crippen molar-refractivity contribution in [2.45, 2.75) is 32.3 Å². The summed E-state index contributed by atoms with van der Waals surface area (Å²) in [6, 6.07) is 7.41. The van der Waals surface area contributed by atoms with Crippen LogP contribution in [0.3, 0.4) is 0 Å². The molecule has 1 aromatic carbocycles. The fourth-order valence-corrected chi connectivity index (χ4v) is 3.02. The lowest BCUT2D eigenvalue weighted by Crippen LogP contribution is -2.38. The Hall–Kier alpha value is -2.63. The number of hydrogen-bond acceptors (Lipinski definition) is 4. The van der Waals surface area contributed by atoms with Crippen molar-refractivity contribution in [2.75, 3.05) is 0 Å². The maximum atomic E-state index is 12.0. The van der Waals surface area contributed by atoms with Gasteiger partial charge in [-0.15, -0.1) is 0 Å². The van der Waals surface area contributed by atoms with Crippen molar-refractivity contribution < 1.29 is 9.53 Å². The highest BCUT2D eigenvalue weighted by Crippen LogP contribution is 2.23. The normalized spacial score (nSPS) is 12.9. The first-order valence-electron chi connectivity index (χ1n) is 7.98. The van der Waals surface area contributed by atoms with Crippen LogP contribution in [0.15, 0.2) is 33.9 Å². The summed E-state index contributed by atoms with van der Waals surface area (Å²) >= 11 is 0. The standard InChI is InChI=1S/C18H20N2O4/c1-19-15(10-16(21)20(2)18(19)23)11-24-17(22)9-12-6-7-13-4-3-5-14(13)8-12/h6-8,10H,3-5,9,11H2,1-2H3. The van der Waals surface area contributed by atoms with Gasteiger partial charge < -0.3 is 4.74 Å². The van der Waals surface area contributed by atoms with E-state index in [0.717, 1.165) is 23.0 Å². The molecule has 6 heteroatoms. The van der Waals surface area contributed by atoms with Gasteiger partial charge in [0, 0.05) is 20.2 Å². The number of fused-ring (bicyclic) bond motifs is 1. The van der Waals surface area contributed by atoms with E-state index in [4.69, 9.17) is 4.74 Å². The lowest BCUT2D eigenvalue weighted by molar-refractivity contribution is -0.144. The van der Waals surface area contributed by atoms with E-state index < -0.39 is 11.2 Å². The van der Waals surface area contributed by atoms with Crippen molar-refractivity contribution in [1.82, 2.24) is 9.13 Å². The molecule has 0 bridgehead atoms. The summed E-state index contributed by atoms with van der Waals surface area (Å²) in [6.45, 7) is -0.0917. The largest absolute Gasteiger partial charge is 0.459 e. The minimum Gasteiger partial charge on any atom is -0.459 e. The lowest BCUT2D eigenvalue weighted by atomic mass is 10.0. The van der Waals surface area contributed by atoms with E-state index in [0.29, 0.717) is 5.69 Å². The highest BCUT2D eigenvalue weighted by molar-refractivity contribution is 5.72. The first-order chi connectivity index (χ1) is 11.5. The van der Waals surface area contributed by atoms with Gasteiger partial charge in [0.05, 0.1) is 12.1 Å². The van der Waals surface area contributed by atoms with Gasteiger partial charge in [-0.2, -0.15) is 0 Å². The van der Waals surface area contributed by atoms with Crippen LogP contribution in [-0.2, 0) is 49.5 Å². The minimum absolute atomic E-state index is 0.0917. The van der Waals surface area contributed by atoms with Crippen LogP contribution in [0.5, 0.6) is 0 Å². The smallest absolute Gasteiger partial charge is 0.330 e. The summed E-state index contributed by atoms with van der Waals surface area (Å²) in [6.07, 6.45) is 3.52. The number of carbonyl (C=O) groups is 1. The number of aromatic nitrogens is 2. The molecule has 6 nitrogen and oxygen atoms in total. The Morgan fingerprint density at radius 3 is 2.62 bits per heavy atom. The van der Waals surface area contributed by atoms with Crippen LogP contribution < -0.4 is 11.2 Å². The number of esters is 1. The molecular weight excluding hydrogens is 308 g/mol. The summed E-state index contributed by atoms with van der Waals surface area (Å²) in [7, 11) is 2.96. The molecular formula is C18H20N2O4. The van der Waals surface area contributed by atoms with Gasteiger partial charge in [0.25, 0.3) is 5.56 Å². The zero-order valence-corrected chi connectivity index (χ0v) is 13.9. The predicted molar refractivity (Wildman–Crippen MR) is 88.9 cm³/mol. The van der Waals surface area contributed by atoms with Crippen LogP contribution in [0.25, 0.3) is 0 Å². The van der Waals surface area contributed by atoms with Gasteiger partial charge in [-0.25, -0.2) is 4.79 Å². The van der Waals surface area contributed by atoms with Gasteiger partial charge >= 0.3 is 11.7 Å². The van der Waals surface area contributed by atoms with E-state index in [1.807, 2.05) is 6.07 Å². The molecule has 0 spiro atoms. The highest BCUT2D eigenvalue weighted by atomic mass is 16.5. The Bertz CT molecular complexity index is 908. The molecule has 0 amide bonds. The van der Waals surface area contributed by atoms with Gasteiger partial charge in [-0.1, -0.05) is 18.2 Å². The molecule has 0 aliphatic heterocycles. The topological polar surface area (TPSA) is 70.3 Å². The third-order valence-corrected chi connectivity index (χ3v) is 4.52. The third kappa shape index (κ3) is 3.18. The van der Waals surface area contributed by atoms with E-state index in [-0.39, 0.29) is 19.0 Å². The molecule has 24 heavy (non-hydrogen) atoms. The maximum Gasteiger partial charge on any atom is 0.330 e. The monoisotopic (exact) mass is 328 g/mol. The Morgan fingerprint density at radius 2 is 1.83 bits per heavy atom. The summed E-state index contributed by atoms with van der Waals surface area (Å²) in [5, 5.41) is 0. The molecule has 0 saturated heterocycles. The van der Waals surface area contributed by atoms with Gasteiger partial charge in [0.15, 0.2) is 0 Å². The molecule has 0 fully saturated rings. The van der Waals surface area contributed by atoms with Crippen LogP contribution in [-0.4, -0.2) is 15.1 Å². The summed E-state index contributed by atoms with van der Waals surface area (Å²) < 4.78 is 7.55. The van der Waals surface area contributed by atoms with Gasteiger partial charge in [-0.3, -0.25) is 18.7 Å². The average molecular weight is 328 g/mol. The first-order valence-corrected chi connectivity index (χ1v) is 7.98. The van der Waals surface area contributed by atoms with Crippen LogP contribution in [0.2, 0.25) is 0 Å². The summed E-state index contributed by atoms with van der Waals surface area (Å²) in [5.74, 6) is -0.374. The van der Waals surface area contributed by atoms with E-state index in [9.17, 15) is 14.4 Å². The first kappa shape index (κ1) is 16.2. The van der Waals surface area contributed by atoms with Gasteiger partial charge in [0.2, 0.25) is 0 Å². The molecule has 126 valence electrons. The van der Waals surface area contributed by atoms with E-state index in [2.05, 4.69) is 12.1 Å². The van der Waals surface area contributed by atoms with Crippen LogP contribution in [0.1, 0.15) is 28.8 Å².